The zero-order valence-corrected chi connectivity index (χ0v) is 10.2. The van der Waals surface area contributed by atoms with Crippen LogP contribution in [0.15, 0.2) is 29.8 Å². The molecule has 5 heteroatoms. The highest BCUT2D eigenvalue weighted by atomic mass is 16.5. The topological polar surface area (TPSA) is 82.3 Å². The number of carboxylic acids is 1. The van der Waals surface area contributed by atoms with E-state index in [0.29, 0.717) is 23.5 Å². The monoisotopic (exact) mass is 246 g/mol. The summed E-state index contributed by atoms with van der Waals surface area (Å²) in [6.45, 7) is 1.82. The van der Waals surface area contributed by atoms with Crippen LogP contribution in [0.2, 0.25) is 0 Å². The number of ether oxygens (including phenoxy) is 1. The first-order valence-corrected chi connectivity index (χ1v) is 5.31. The largest absolute Gasteiger partial charge is 0.495 e. The predicted octanol–water partition coefficient (Wildman–Crippen LogP) is 2.01. The Morgan fingerprint density at radius 1 is 1.61 bits per heavy atom. The van der Waals surface area contributed by atoms with Gasteiger partial charge >= 0.3 is 5.97 Å². The van der Waals surface area contributed by atoms with Crippen molar-refractivity contribution in [2.45, 2.75) is 6.92 Å². The van der Waals surface area contributed by atoms with Gasteiger partial charge < -0.3 is 15.2 Å². The first-order chi connectivity index (χ1) is 8.60. The van der Waals surface area contributed by atoms with Gasteiger partial charge in [0.05, 0.1) is 18.4 Å². The highest BCUT2D eigenvalue weighted by Gasteiger charge is 2.07. The smallest absolute Gasteiger partial charge is 0.331 e. The summed E-state index contributed by atoms with van der Waals surface area (Å²) in [5, 5.41) is 20.7. The number of nitrogens with zero attached hydrogens (tertiary/aromatic N) is 1. The molecule has 0 aliphatic heterocycles. The quantitative estimate of drug-likeness (QED) is 0.776. The molecule has 1 aromatic carbocycles. The number of aliphatic carboxylic acids is 1. The number of anilines is 1. The molecule has 0 bridgehead atoms. The van der Waals surface area contributed by atoms with E-state index in [9.17, 15) is 4.79 Å². The molecule has 0 aliphatic carbocycles. The maximum absolute atomic E-state index is 10.6. The number of hydrogen-bond donors (Lipinski definition) is 2. The molecule has 94 valence electrons. The number of hydrogen-bond acceptors (Lipinski definition) is 4. The van der Waals surface area contributed by atoms with Gasteiger partial charge in [-0.3, -0.25) is 0 Å². The standard InChI is InChI=1S/C13H14N2O3/c1-9(13(16)17)6-7-15-12-10(8-14)4-3-5-11(12)18-2/h3-6,15H,7H2,1-2H3,(H,16,17)/b9-6-. The molecular weight excluding hydrogens is 232 g/mol. The molecule has 0 aromatic heterocycles. The molecule has 0 saturated carbocycles. The van der Waals surface area contributed by atoms with E-state index >= 15 is 0 Å². The van der Waals surface area contributed by atoms with Crippen molar-refractivity contribution in [3.05, 3.63) is 35.4 Å². The summed E-state index contributed by atoms with van der Waals surface area (Å²) in [4.78, 5) is 10.6. The Hall–Kier alpha value is -2.48. The van der Waals surface area contributed by atoms with Crippen LogP contribution in [-0.4, -0.2) is 24.7 Å². The fourth-order valence-corrected chi connectivity index (χ4v) is 1.37. The second kappa shape index (κ2) is 6.30. The Balaban J connectivity index is 2.88. The lowest BCUT2D eigenvalue weighted by molar-refractivity contribution is -0.132. The molecule has 0 spiro atoms. The van der Waals surface area contributed by atoms with E-state index in [0.717, 1.165) is 0 Å². The lowest BCUT2D eigenvalue weighted by Gasteiger charge is -2.11. The second-order valence-corrected chi connectivity index (χ2v) is 3.57. The summed E-state index contributed by atoms with van der Waals surface area (Å²) >= 11 is 0. The summed E-state index contributed by atoms with van der Waals surface area (Å²) in [7, 11) is 1.51. The summed E-state index contributed by atoms with van der Waals surface area (Å²) in [5.41, 5.74) is 1.27. The SMILES string of the molecule is COc1cccc(C#N)c1NC/C=C(/C)C(=O)O. The Labute approximate surface area is 105 Å². The van der Waals surface area contributed by atoms with E-state index < -0.39 is 5.97 Å². The van der Waals surface area contributed by atoms with Gasteiger partial charge in [-0.1, -0.05) is 12.1 Å². The van der Waals surface area contributed by atoms with E-state index in [1.165, 1.54) is 20.1 Å². The number of carbonyl (C=O) groups is 1. The molecular formula is C13H14N2O3. The third-order valence-electron chi connectivity index (χ3n) is 2.39. The first kappa shape index (κ1) is 13.6. The van der Waals surface area contributed by atoms with E-state index in [1.807, 2.05) is 0 Å². The van der Waals surface area contributed by atoms with Crippen LogP contribution in [0.5, 0.6) is 5.75 Å². The van der Waals surface area contributed by atoms with Crippen molar-refractivity contribution in [2.24, 2.45) is 0 Å². The van der Waals surface area contributed by atoms with Gasteiger partial charge in [0.15, 0.2) is 0 Å². The maximum atomic E-state index is 10.6. The summed E-state index contributed by atoms with van der Waals surface area (Å²) in [5.74, 6) is -0.409. The molecule has 0 radical (unpaired) electrons. The van der Waals surface area contributed by atoms with Gasteiger partial charge in [-0.25, -0.2) is 4.79 Å². The van der Waals surface area contributed by atoms with Crippen molar-refractivity contribution in [1.82, 2.24) is 0 Å². The summed E-state index contributed by atoms with van der Waals surface area (Å²) in [6, 6.07) is 7.17. The van der Waals surface area contributed by atoms with Gasteiger partial charge in [-0.15, -0.1) is 0 Å². The number of methoxy groups -OCH3 is 1. The minimum Gasteiger partial charge on any atom is -0.495 e. The first-order valence-electron chi connectivity index (χ1n) is 5.31. The van der Waals surface area contributed by atoms with Gasteiger partial charge in [-0.2, -0.15) is 5.26 Å². The summed E-state index contributed by atoms with van der Waals surface area (Å²) in [6.07, 6.45) is 1.54. The molecule has 0 amide bonds. The number of para-hydroxylation sites is 1. The van der Waals surface area contributed by atoms with Crippen LogP contribution < -0.4 is 10.1 Å². The van der Waals surface area contributed by atoms with Crippen LogP contribution in [0.3, 0.4) is 0 Å². The second-order valence-electron chi connectivity index (χ2n) is 3.57. The van der Waals surface area contributed by atoms with Crippen molar-refractivity contribution in [1.29, 1.82) is 5.26 Å². The molecule has 0 atom stereocenters. The van der Waals surface area contributed by atoms with Gasteiger partial charge in [0.1, 0.15) is 11.8 Å². The van der Waals surface area contributed by atoms with Gasteiger partial charge in [0.25, 0.3) is 0 Å². The van der Waals surface area contributed by atoms with E-state index in [-0.39, 0.29) is 5.57 Å². The highest BCUT2D eigenvalue weighted by molar-refractivity contribution is 5.85. The molecule has 0 aliphatic rings. The fraction of sp³-hybridized carbons (Fsp3) is 0.231. The van der Waals surface area contributed by atoms with Crippen molar-refractivity contribution >= 4 is 11.7 Å². The Kier molecular flexibility index (Phi) is 4.76. The van der Waals surface area contributed by atoms with Crippen LogP contribution in [0.1, 0.15) is 12.5 Å². The number of benzene rings is 1. The predicted molar refractivity (Wildman–Crippen MR) is 67.6 cm³/mol. The zero-order chi connectivity index (χ0) is 13.5. The van der Waals surface area contributed by atoms with Crippen molar-refractivity contribution < 1.29 is 14.6 Å². The van der Waals surface area contributed by atoms with Crippen LogP contribution in [-0.2, 0) is 4.79 Å². The van der Waals surface area contributed by atoms with Crippen LogP contribution >= 0.6 is 0 Å². The highest BCUT2D eigenvalue weighted by Crippen LogP contribution is 2.27. The molecule has 0 heterocycles. The van der Waals surface area contributed by atoms with Gasteiger partial charge in [-0.05, 0) is 19.1 Å². The van der Waals surface area contributed by atoms with Crippen LogP contribution in [0.4, 0.5) is 5.69 Å². The third-order valence-corrected chi connectivity index (χ3v) is 2.39. The lowest BCUT2D eigenvalue weighted by atomic mass is 10.1. The zero-order valence-electron chi connectivity index (χ0n) is 10.2. The molecule has 2 N–H and O–H groups in total. The van der Waals surface area contributed by atoms with E-state index in [1.54, 1.807) is 18.2 Å². The van der Waals surface area contributed by atoms with Gasteiger partial charge in [0, 0.05) is 12.1 Å². The van der Waals surface area contributed by atoms with Crippen LogP contribution in [0.25, 0.3) is 0 Å². The van der Waals surface area contributed by atoms with Crippen LogP contribution in [0, 0.1) is 11.3 Å². The molecule has 1 aromatic rings. The van der Waals surface area contributed by atoms with Gasteiger partial charge in [0.2, 0.25) is 0 Å². The normalized spacial score (nSPS) is 10.6. The van der Waals surface area contributed by atoms with Crippen molar-refractivity contribution in [3.8, 4) is 11.8 Å². The van der Waals surface area contributed by atoms with Crippen molar-refractivity contribution in [2.75, 3.05) is 19.0 Å². The number of nitriles is 1. The lowest BCUT2D eigenvalue weighted by Crippen LogP contribution is -2.05. The molecule has 0 fully saturated rings. The summed E-state index contributed by atoms with van der Waals surface area (Å²) < 4.78 is 5.14. The fourth-order valence-electron chi connectivity index (χ4n) is 1.37. The number of carboxylic acid groups (broad SMARTS) is 1. The Morgan fingerprint density at radius 2 is 2.33 bits per heavy atom. The third kappa shape index (κ3) is 3.25. The average Bonchev–Trinajstić information content (AvgIpc) is 2.38. The van der Waals surface area contributed by atoms with E-state index in [2.05, 4.69) is 11.4 Å². The Bertz CT molecular complexity index is 515. The van der Waals surface area contributed by atoms with Crippen molar-refractivity contribution in [3.63, 3.8) is 0 Å². The Morgan fingerprint density at radius 3 is 2.89 bits per heavy atom. The van der Waals surface area contributed by atoms with E-state index in [4.69, 9.17) is 15.1 Å². The molecule has 0 unspecified atom stereocenters. The maximum Gasteiger partial charge on any atom is 0.331 e. The molecule has 0 saturated heterocycles. The number of nitrogens with one attached hydrogen (secondary N) is 1. The number of rotatable bonds is 5. The molecule has 5 nitrogen and oxygen atoms in total. The molecule has 1 rings (SSSR count). The average molecular weight is 246 g/mol. The minimum atomic E-state index is -0.961. The minimum absolute atomic E-state index is 0.246. The molecule has 18 heavy (non-hydrogen) atoms.